The summed E-state index contributed by atoms with van der Waals surface area (Å²) in [7, 11) is 0. The molecule has 1 rings (SSSR count). The van der Waals surface area contributed by atoms with Crippen molar-refractivity contribution in [3.05, 3.63) is 43.6 Å². The van der Waals surface area contributed by atoms with E-state index in [0.29, 0.717) is 6.07 Å². The number of nitro benzene ring substituents is 2. The van der Waals surface area contributed by atoms with Crippen LogP contribution in [0.3, 0.4) is 0 Å². The number of benzene rings is 1. The average molecular weight is 215 g/mol. The molecular formula is C6H5N3O6. The molecule has 0 radical (unpaired) electrons. The van der Waals surface area contributed by atoms with E-state index in [1.165, 1.54) is 0 Å². The summed E-state index contributed by atoms with van der Waals surface area (Å²) in [6.07, 6.45) is 0. The molecule has 15 heavy (non-hydrogen) atoms. The van der Waals surface area contributed by atoms with Crippen LogP contribution >= 0.6 is 0 Å². The molecule has 1 atom stereocenters. The minimum atomic E-state index is -1.50. The highest BCUT2D eigenvalue weighted by Crippen LogP contribution is 2.25. The van der Waals surface area contributed by atoms with Crippen LogP contribution in [-0.4, -0.2) is 15.1 Å². The molecule has 0 aromatic heterocycles. The SMILES string of the molecule is O=[N+]([O-])c1ccc([NH+]([O-])O)c([N+](=O)[O-])c1. The van der Waals surface area contributed by atoms with Crippen LogP contribution in [0.15, 0.2) is 18.2 Å². The van der Waals surface area contributed by atoms with Crippen molar-refractivity contribution in [3.63, 3.8) is 0 Å². The van der Waals surface area contributed by atoms with Crippen LogP contribution in [-0.2, 0) is 0 Å². The molecule has 1 aromatic carbocycles. The van der Waals surface area contributed by atoms with Gasteiger partial charge in [-0.1, -0.05) is 0 Å². The monoisotopic (exact) mass is 215 g/mol. The Hall–Kier alpha value is -2.10. The Morgan fingerprint density at radius 3 is 2.20 bits per heavy atom. The van der Waals surface area contributed by atoms with Gasteiger partial charge < -0.3 is 5.21 Å². The highest BCUT2D eigenvalue weighted by Gasteiger charge is 2.23. The molecule has 0 amide bonds. The summed E-state index contributed by atoms with van der Waals surface area (Å²) >= 11 is 0. The molecule has 0 aliphatic rings. The van der Waals surface area contributed by atoms with Gasteiger partial charge >= 0.3 is 5.69 Å². The van der Waals surface area contributed by atoms with Crippen molar-refractivity contribution in [1.29, 1.82) is 0 Å². The number of nitrogens with zero attached hydrogens (tertiary/aromatic N) is 2. The number of nitro groups is 2. The summed E-state index contributed by atoms with van der Waals surface area (Å²) < 4.78 is 0. The maximum absolute atomic E-state index is 10.5. The van der Waals surface area contributed by atoms with Crippen LogP contribution in [0, 0.1) is 25.4 Å². The summed E-state index contributed by atoms with van der Waals surface area (Å²) in [5, 5.41) is 38.3. The van der Waals surface area contributed by atoms with Gasteiger partial charge in [0.1, 0.15) is 6.07 Å². The van der Waals surface area contributed by atoms with Crippen LogP contribution < -0.4 is 5.23 Å². The van der Waals surface area contributed by atoms with Gasteiger partial charge in [0.05, 0.1) is 9.85 Å². The molecule has 0 spiro atoms. The fourth-order valence-electron chi connectivity index (χ4n) is 0.965. The Labute approximate surface area is 82.0 Å². The van der Waals surface area contributed by atoms with E-state index in [9.17, 15) is 25.4 Å². The summed E-state index contributed by atoms with van der Waals surface area (Å²) in [5.74, 6) is 0. The van der Waals surface area contributed by atoms with Gasteiger partial charge in [-0.05, 0) is 0 Å². The van der Waals surface area contributed by atoms with E-state index >= 15 is 0 Å². The van der Waals surface area contributed by atoms with E-state index in [1.807, 2.05) is 0 Å². The Bertz CT molecular complexity index is 417. The van der Waals surface area contributed by atoms with Gasteiger partial charge in [0.15, 0.2) is 0 Å². The molecule has 0 aliphatic carbocycles. The number of hydrogen-bond acceptors (Lipinski definition) is 6. The van der Waals surface area contributed by atoms with Crippen LogP contribution in [0.4, 0.5) is 17.1 Å². The van der Waals surface area contributed by atoms with Gasteiger partial charge in [-0.2, -0.15) is 5.23 Å². The quantitative estimate of drug-likeness (QED) is 0.534. The summed E-state index contributed by atoms with van der Waals surface area (Å²) in [6, 6.07) is 2.35. The molecule has 0 saturated carbocycles. The van der Waals surface area contributed by atoms with Crippen molar-refractivity contribution in [2.45, 2.75) is 0 Å². The predicted molar refractivity (Wildman–Crippen MR) is 45.5 cm³/mol. The molecule has 2 N–H and O–H groups in total. The zero-order chi connectivity index (χ0) is 11.6. The third-order valence-corrected chi connectivity index (χ3v) is 1.62. The number of non-ortho nitro benzene ring substituents is 1. The van der Waals surface area contributed by atoms with Crippen molar-refractivity contribution in [2.24, 2.45) is 0 Å². The van der Waals surface area contributed by atoms with E-state index in [1.54, 1.807) is 0 Å². The molecule has 0 bridgehead atoms. The molecule has 0 aliphatic heterocycles. The lowest BCUT2D eigenvalue weighted by Gasteiger charge is -2.10. The Kier molecular flexibility index (Phi) is 2.90. The van der Waals surface area contributed by atoms with Crippen LogP contribution in [0.1, 0.15) is 0 Å². The molecule has 0 saturated heterocycles. The molecule has 0 heterocycles. The first-order valence-electron chi connectivity index (χ1n) is 3.59. The van der Waals surface area contributed by atoms with Crippen LogP contribution in [0.25, 0.3) is 0 Å². The molecular weight excluding hydrogens is 210 g/mol. The molecule has 80 valence electrons. The van der Waals surface area contributed by atoms with Gasteiger partial charge in [0.2, 0.25) is 5.69 Å². The van der Waals surface area contributed by atoms with Crippen molar-refractivity contribution >= 4 is 17.1 Å². The van der Waals surface area contributed by atoms with Crippen molar-refractivity contribution in [3.8, 4) is 0 Å². The molecule has 0 fully saturated rings. The lowest BCUT2D eigenvalue weighted by molar-refractivity contribution is -0.991. The summed E-state index contributed by atoms with van der Waals surface area (Å²) in [5.41, 5.74) is -1.89. The lowest BCUT2D eigenvalue weighted by Crippen LogP contribution is -2.99. The normalized spacial score (nSPS) is 12.1. The highest BCUT2D eigenvalue weighted by molar-refractivity contribution is 5.57. The van der Waals surface area contributed by atoms with Crippen LogP contribution in [0.2, 0.25) is 0 Å². The predicted octanol–water partition coefficient (Wildman–Crippen LogP) is -0.0936. The average Bonchev–Trinajstić information content (AvgIpc) is 2.16. The molecule has 9 heteroatoms. The minimum Gasteiger partial charge on any atom is -0.595 e. The van der Waals surface area contributed by atoms with E-state index in [0.717, 1.165) is 12.1 Å². The highest BCUT2D eigenvalue weighted by atomic mass is 16.8. The van der Waals surface area contributed by atoms with Gasteiger partial charge in [0, 0.05) is 12.1 Å². The third-order valence-electron chi connectivity index (χ3n) is 1.62. The van der Waals surface area contributed by atoms with Crippen molar-refractivity contribution in [2.75, 3.05) is 0 Å². The van der Waals surface area contributed by atoms with Gasteiger partial charge in [-0.15, -0.1) is 0 Å². The van der Waals surface area contributed by atoms with E-state index in [4.69, 9.17) is 5.21 Å². The minimum absolute atomic E-state index is 0.522. The Balaban J connectivity index is 3.33. The fourth-order valence-corrected chi connectivity index (χ4v) is 0.965. The zero-order valence-electron chi connectivity index (χ0n) is 7.11. The topological polar surface area (TPSA) is 134 Å². The maximum Gasteiger partial charge on any atom is 0.339 e. The number of quaternary nitrogens is 1. The van der Waals surface area contributed by atoms with Crippen LogP contribution in [0.5, 0.6) is 0 Å². The second-order valence-corrected chi connectivity index (χ2v) is 2.52. The molecule has 9 nitrogen and oxygen atoms in total. The molecule has 1 unspecified atom stereocenters. The standard InChI is InChI=1S/C6H5N3O6/c10-7(11)4-1-2-5(8(12)13)6(3-4)9(14)15/h1-3,8,12H. The largest absolute Gasteiger partial charge is 0.595 e. The van der Waals surface area contributed by atoms with Crippen molar-refractivity contribution < 1.29 is 20.3 Å². The summed E-state index contributed by atoms with van der Waals surface area (Å²) in [6.45, 7) is 0. The second kappa shape index (κ2) is 3.96. The lowest BCUT2D eigenvalue weighted by atomic mass is 10.2. The van der Waals surface area contributed by atoms with Gasteiger partial charge in [-0.3, -0.25) is 20.2 Å². The first-order valence-corrected chi connectivity index (χ1v) is 3.59. The first kappa shape index (κ1) is 11.0. The zero-order valence-corrected chi connectivity index (χ0v) is 7.11. The maximum atomic E-state index is 10.5. The number of hydrogen-bond donors (Lipinski definition) is 2. The number of rotatable bonds is 3. The fraction of sp³-hybridized carbons (Fsp3) is 0. The van der Waals surface area contributed by atoms with E-state index < -0.39 is 32.1 Å². The van der Waals surface area contributed by atoms with E-state index in [-0.39, 0.29) is 0 Å². The molecule has 1 aromatic rings. The Morgan fingerprint density at radius 2 is 1.80 bits per heavy atom. The van der Waals surface area contributed by atoms with Gasteiger partial charge in [-0.25, -0.2) is 5.21 Å². The smallest absolute Gasteiger partial charge is 0.339 e. The first-order chi connectivity index (χ1) is 6.93. The summed E-state index contributed by atoms with van der Waals surface area (Å²) in [4.78, 5) is 18.9. The van der Waals surface area contributed by atoms with Gasteiger partial charge in [0.25, 0.3) is 5.69 Å². The third kappa shape index (κ3) is 2.22. The second-order valence-electron chi connectivity index (χ2n) is 2.52. The van der Waals surface area contributed by atoms with E-state index in [2.05, 4.69) is 0 Å². The van der Waals surface area contributed by atoms with Crippen molar-refractivity contribution in [1.82, 2.24) is 0 Å². The Morgan fingerprint density at radius 1 is 1.20 bits per heavy atom. The number of nitrogens with one attached hydrogen (secondary N) is 1.